The van der Waals surface area contributed by atoms with Gasteiger partial charge >= 0.3 is 0 Å². The lowest BCUT2D eigenvalue weighted by molar-refractivity contribution is -0.659. The van der Waals surface area contributed by atoms with Crippen LogP contribution < -0.4 is 4.85 Å². The summed E-state index contributed by atoms with van der Waals surface area (Å²) in [7, 11) is -3.17. The molecule has 10 nitrogen and oxygen atoms in total. The molecule has 0 unspecified atom stereocenters. The van der Waals surface area contributed by atoms with Gasteiger partial charge in [0.2, 0.25) is 0 Å². The molecule has 2 aliphatic rings. The maximum atomic E-state index is 14.6. The highest BCUT2D eigenvalue weighted by atomic mass is 32.2. The summed E-state index contributed by atoms with van der Waals surface area (Å²) in [5.41, 5.74) is 0.217. The molecule has 6 rings (SSSR count). The third-order valence-corrected chi connectivity index (χ3v) is 9.21. The monoisotopic (exact) mass is 553 g/mol. The molecule has 0 aliphatic heterocycles. The van der Waals surface area contributed by atoms with E-state index in [0.717, 1.165) is 30.4 Å². The first-order valence-corrected chi connectivity index (χ1v) is 14.5. The van der Waals surface area contributed by atoms with Gasteiger partial charge < -0.3 is 5.21 Å². The Kier molecular flexibility index (Phi) is 5.58. The highest BCUT2D eigenvalue weighted by molar-refractivity contribution is 7.90. The van der Waals surface area contributed by atoms with E-state index in [4.69, 9.17) is 4.98 Å². The van der Waals surface area contributed by atoms with Crippen molar-refractivity contribution in [3.05, 3.63) is 82.5 Å². The molecule has 0 amide bonds. The van der Waals surface area contributed by atoms with Gasteiger partial charge in [-0.15, -0.1) is 5.10 Å². The van der Waals surface area contributed by atoms with Gasteiger partial charge in [-0.1, -0.05) is 19.9 Å². The van der Waals surface area contributed by atoms with Gasteiger partial charge in [-0.3, -0.25) is 0 Å². The van der Waals surface area contributed by atoms with Crippen molar-refractivity contribution in [2.75, 3.05) is 12.0 Å². The van der Waals surface area contributed by atoms with E-state index in [0.29, 0.717) is 28.5 Å². The number of fused-ring (bicyclic) bond motifs is 5. The molecule has 1 fully saturated rings. The zero-order valence-corrected chi connectivity index (χ0v) is 22.3. The van der Waals surface area contributed by atoms with E-state index in [-0.39, 0.29) is 29.7 Å². The molecular formula is C26H25F2N7O3S. The van der Waals surface area contributed by atoms with Crippen molar-refractivity contribution in [2.24, 2.45) is 5.41 Å². The van der Waals surface area contributed by atoms with E-state index in [1.165, 1.54) is 17.1 Å². The van der Waals surface area contributed by atoms with Crippen LogP contribution in [0.15, 0.2) is 42.9 Å². The zero-order chi connectivity index (χ0) is 27.7. The van der Waals surface area contributed by atoms with Crippen molar-refractivity contribution in [3.8, 4) is 17.2 Å². The van der Waals surface area contributed by atoms with Crippen molar-refractivity contribution in [1.29, 1.82) is 0 Å². The maximum Gasteiger partial charge on any atom is 0.258 e. The molecule has 202 valence electrons. The largest absolute Gasteiger partial charge is 0.594 e. The van der Waals surface area contributed by atoms with Gasteiger partial charge in [-0.05, 0) is 52.8 Å². The van der Waals surface area contributed by atoms with Crippen LogP contribution in [0.3, 0.4) is 0 Å². The van der Waals surface area contributed by atoms with Gasteiger partial charge in [0, 0.05) is 30.0 Å². The van der Waals surface area contributed by atoms with E-state index in [1.807, 2.05) is 0 Å². The number of aryl methyl sites for hydroxylation is 1. The van der Waals surface area contributed by atoms with Crippen molar-refractivity contribution in [2.45, 2.75) is 44.4 Å². The Morgan fingerprint density at radius 1 is 1.18 bits per heavy atom. The fourth-order valence-electron chi connectivity index (χ4n) is 6.35. The predicted molar refractivity (Wildman–Crippen MR) is 135 cm³/mol. The molecule has 3 heterocycles. The maximum absolute atomic E-state index is 14.6. The minimum Gasteiger partial charge on any atom is -0.594 e. The summed E-state index contributed by atoms with van der Waals surface area (Å²) in [6.45, 7) is 4.18. The number of benzene rings is 1. The molecule has 0 saturated heterocycles. The molecule has 0 radical (unpaired) electrons. The Morgan fingerprint density at radius 2 is 1.92 bits per heavy atom. The molecule has 2 aliphatic carbocycles. The lowest BCUT2D eigenvalue weighted by Gasteiger charge is -2.36. The predicted octanol–water partition coefficient (Wildman–Crippen LogP) is 2.82. The second-order valence-corrected chi connectivity index (χ2v) is 13.0. The molecule has 13 heteroatoms. The smallest absolute Gasteiger partial charge is 0.258 e. The summed E-state index contributed by atoms with van der Waals surface area (Å²) in [6.07, 6.45) is 5.80. The summed E-state index contributed by atoms with van der Waals surface area (Å²) in [5, 5.41) is 21.9. The van der Waals surface area contributed by atoms with E-state index in [2.05, 4.69) is 34.0 Å². The minimum atomic E-state index is -3.17. The van der Waals surface area contributed by atoms with Crippen LogP contribution in [0.2, 0.25) is 0 Å². The lowest BCUT2D eigenvalue weighted by Crippen LogP contribution is -2.43. The second kappa shape index (κ2) is 8.57. The summed E-state index contributed by atoms with van der Waals surface area (Å²) in [4.78, 5) is 13.6. The van der Waals surface area contributed by atoms with E-state index < -0.39 is 37.9 Å². The molecule has 0 N–H and O–H groups in total. The third-order valence-electron chi connectivity index (χ3n) is 8.26. The Labute approximate surface area is 223 Å². The first-order chi connectivity index (χ1) is 18.4. The Hall–Kier alpha value is -3.87. The number of hydrogen-bond acceptors (Lipinski definition) is 8. The van der Waals surface area contributed by atoms with Crippen LogP contribution in [0.1, 0.15) is 55.4 Å². The number of nitrogens with zero attached hydrogens (tertiary/aromatic N) is 7. The molecule has 39 heavy (non-hydrogen) atoms. The number of hydrogen-bond donors (Lipinski definition) is 0. The first kappa shape index (κ1) is 25.4. The fraction of sp³-hybridized carbons (Fsp3) is 0.385. The first-order valence-electron chi connectivity index (χ1n) is 12.4. The van der Waals surface area contributed by atoms with Crippen molar-refractivity contribution in [3.63, 3.8) is 0 Å². The SMILES string of the molecule is CC1(C)[C@H]2CC[C@@]1(c1ccnc(-n3cnc(CCS(C)(=O)=O)n3)n1)c1n[n+]([O-])c(-c3c(F)cccc3F)cc12. The molecule has 1 saturated carbocycles. The minimum absolute atomic E-state index is 0.0119. The van der Waals surface area contributed by atoms with E-state index in [1.54, 1.807) is 18.3 Å². The molecule has 2 atom stereocenters. The van der Waals surface area contributed by atoms with Crippen LogP contribution in [0.5, 0.6) is 0 Å². The van der Waals surface area contributed by atoms with Crippen molar-refractivity contribution >= 4 is 9.84 Å². The summed E-state index contributed by atoms with van der Waals surface area (Å²) in [6, 6.07) is 6.83. The quantitative estimate of drug-likeness (QED) is 0.263. The fourth-order valence-corrected chi connectivity index (χ4v) is 6.90. The topological polar surface area (TPSA) is 130 Å². The zero-order valence-electron chi connectivity index (χ0n) is 21.5. The summed E-state index contributed by atoms with van der Waals surface area (Å²) >= 11 is 0. The van der Waals surface area contributed by atoms with Gasteiger partial charge in [0.05, 0.1) is 16.9 Å². The van der Waals surface area contributed by atoms with Gasteiger partial charge in [-0.2, -0.15) is 4.68 Å². The lowest BCUT2D eigenvalue weighted by atomic mass is 9.66. The van der Waals surface area contributed by atoms with Crippen LogP contribution in [-0.4, -0.2) is 50.3 Å². The van der Waals surface area contributed by atoms with E-state index in [9.17, 15) is 22.4 Å². The van der Waals surface area contributed by atoms with Crippen LogP contribution >= 0.6 is 0 Å². The second-order valence-electron chi connectivity index (χ2n) is 10.7. The van der Waals surface area contributed by atoms with Gasteiger partial charge in [0.25, 0.3) is 11.6 Å². The third kappa shape index (κ3) is 3.81. The highest BCUT2D eigenvalue weighted by Crippen LogP contribution is 2.69. The van der Waals surface area contributed by atoms with Gasteiger partial charge in [-0.25, -0.2) is 32.2 Å². The summed E-state index contributed by atoms with van der Waals surface area (Å²) < 4.78 is 53.6. The normalized spacial score (nSPS) is 21.3. The molecular weight excluding hydrogens is 528 g/mol. The number of rotatable bonds is 6. The highest BCUT2D eigenvalue weighted by Gasteiger charge is 2.66. The number of aromatic nitrogens is 7. The van der Waals surface area contributed by atoms with Crippen LogP contribution in [0.4, 0.5) is 8.78 Å². The standard InChI is InChI=1S/C26H25F2N7O3S/c1-25(2)16-7-10-26(25,23-15(16)13-19(35(36)33-23)22-17(27)5-4-6-18(22)28)20-8-11-29-24(31-20)34-14-30-21(32-34)9-12-39(3,37)38/h4-6,8,11,13-14,16H,7,9-10,12H2,1-3H3/t16-,26+/m0/s1. The molecule has 0 spiro atoms. The number of halogens is 2. The van der Waals surface area contributed by atoms with Crippen LogP contribution in [0, 0.1) is 22.3 Å². The van der Waals surface area contributed by atoms with Crippen LogP contribution in [0.25, 0.3) is 17.2 Å². The molecule has 2 bridgehead atoms. The van der Waals surface area contributed by atoms with Crippen LogP contribution in [-0.2, 0) is 21.7 Å². The van der Waals surface area contributed by atoms with Gasteiger partial charge in [0.15, 0.2) is 5.82 Å². The summed E-state index contributed by atoms with van der Waals surface area (Å²) in [5.74, 6) is -1.16. The van der Waals surface area contributed by atoms with E-state index >= 15 is 0 Å². The van der Waals surface area contributed by atoms with Crippen molar-refractivity contribution in [1.82, 2.24) is 29.8 Å². The molecule has 3 aromatic heterocycles. The Bertz CT molecular complexity index is 1720. The molecule has 1 aromatic carbocycles. The van der Waals surface area contributed by atoms with Crippen molar-refractivity contribution < 1.29 is 22.0 Å². The Balaban J connectivity index is 1.44. The van der Waals surface area contributed by atoms with Gasteiger partial charge in [0.1, 0.15) is 39.1 Å². The molecule has 4 aromatic rings. The number of sulfone groups is 1. The average Bonchev–Trinajstić information content (AvgIpc) is 3.50. The Morgan fingerprint density at radius 3 is 2.64 bits per heavy atom. The average molecular weight is 554 g/mol.